The average molecular weight is 423 g/mol. The molecule has 0 radical (unpaired) electrons. The molecule has 0 aliphatic carbocycles. The van der Waals surface area contributed by atoms with Crippen LogP contribution in [0.3, 0.4) is 0 Å². The second-order valence-electron chi connectivity index (χ2n) is 9.16. The molecule has 31 heavy (non-hydrogen) atoms. The van der Waals surface area contributed by atoms with Crippen molar-refractivity contribution in [2.24, 2.45) is 0 Å². The van der Waals surface area contributed by atoms with Crippen molar-refractivity contribution in [1.82, 2.24) is 10.2 Å². The van der Waals surface area contributed by atoms with E-state index in [-0.39, 0.29) is 17.4 Å². The Kier molecular flexibility index (Phi) is 9.29. The van der Waals surface area contributed by atoms with E-state index >= 15 is 0 Å². The second-order valence-corrected chi connectivity index (χ2v) is 9.16. The second kappa shape index (κ2) is 11.7. The molecule has 2 aromatic rings. The molecule has 4 heteroatoms. The Labute approximate surface area is 188 Å². The molecule has 0 bridgehead atoms. The molecule has 0 unspecified atom stereocenters. The van der Waals surface area contributed by atoms with E-state index in [0.717, 1.165) is 18.4 Å². The standard InChI is InChI=1S/C27H38N2O2/c1-6-21-13-15-23(16-14-21)17-18-25(30)29(20-19-22-11-9-8-10-12-22)24(7-2)26(31)28-27(3,4)5/h8-16,24H,6-7,17-20H2,1-5H3,(H,28,31)/t24-/m1/s1. The molecule has 168 valence electrons. The third-order valence-electron chi connectivity index (χ3n) is 5.43. The number of rotatable bonds is 10. The fourth-order valence-electron chi connectivity index (χ4n) is 3.69. The van der Waals surface area contributed by atoms with Crippen molar-refractivity contribution >= 4 is 11.8 Å². The Morgan fingerprint density at radius 2 is 1.45 bits per heavy atom. The lowest BCUT2D eigenvalue weighted by molar-refractivity contribution is -0.141. The van der Waals surface area contributed by atoms with Crippen LogP contribution < -0.4 is 5.32 Å². The first-order chi connectivity index (χ1) is 14.7. The maximum atomic E-state index is 13.3. The van der Waals surface area contributed by atoms with Gasteiger partial charge in [0, 0.05) is 18.5 Å². The van der Waals surface area contributed by atoms with Gasteiger partial charge in [-0.1, -0.05) is 68.4 Å². The minimum absolute atomic E-state index is 0.0337. The van der Waals surface area contributed by atoms with Crippen molar-refractivity contribution < 1.29 is 9.59 Å². The zero-order valence-electron chi connectivity index (χ0n) is 19.8. The first kappa shape index (κ1) is 24.6. The molecule has 2 aromatic carbocycles. The van der Waals surface area contributed by atoms with Gasteiger partial charge in [0.2, 0.25) is 11.8 Å². The van der Waals surface area contributed by atoms with E-state index < -0.39 is 6.04 Å². The molecule has 0 saturated heterocycles. The van der Waals surface area contributed by atoms with Crippen LogP contribution in [0.2, 0.25) is 0 Å². The van der Waals surface area contributed by atoms with Crippen molar-refractivity contribution in [3.8, 4) is 0 Å². The number of carbonyl (C=O) groups excluding carboxylic acids is 2. The number of amides is 2. The van der Waals surface area contributed by atoms with Gasteiger partial charge in [-0.05, 0) is 63.1 Å². The summed E-state index contributed by atoms with van der Waals surface area (Å²) >= 11 is 0. The summed E-state index contributed by atoms with van der Waals surface area (Å²) in [5.41, 5.74) is 3.28. The van der Waals surface area contributed by atoms with Gasteiger partial charge in [-0.25, -0.2) is 0 Å². The van der Waals surface area contributed by atoms with Crippen LogP contribution in [0, 0.1) is 0 Å². The summed E-state index contributed by atoms with van der Waals surface area (Å²) in [7, 11) is 0. The van der Waals surface area contributed by atoms with Gasteiger partial charge in [0.1, 0.15) is 6.04 Å². The first-order valence-electron chi connectivity index (χ1n) is 11.5. The number of hydrogen-bond acceptors (Lipinski definition) is 2. The van der Waals surface area contributed by atoms with Crippen LogP contribution in [0.4, 0.5) is 0 Å². The summed E-state index contributed by atoms with van der Waals surface area (Å²) in [6, 6.07) is 18.1. The van der Waals surface area contributed by atoms with E-state index in [4.69, 9.17) is 0 Å². The zero-order chi connectivity index (χ0) is 22.9. The van der Waals surface area contributed by atoms with E-state index in [1.54, 1.807) is 4.90 Å². The highest BCUT2D eigenvalue weighted by atomic mass is 16.2. The molecule has 2 rings (SSSR count). The number of hydrogen-bond donors (Lipinski definition) is 1. The molecule has 2 amide bonds. The number of nitrogens with zero attached hydrogens (tertiary/aromatic N) is 1. The predicted molar refractivity (Wildman–Crippen MR) is 128 cm³/mol. The smallest absolute Gasteiger partial charge is 0.243 e. The van der Waals surface area contributed by atoms with Crippen LogP contribution in [0.15, 0.2) is 54.6 Å². The fraction of sp³-hybridized carbons (Fsp3) is 0.481. The largest absolute Gasteiger partial charge is 0.350 e. The molecule has 0 heterocycles. The number of aryl methyl sites for hydroxylation is 2. The highest BCUT2D eigenvalue weighted by Gasteiger charge is 2.30. The Morgan fingerprint density at radius 1 is 0.871 bits per heavy atom. The highest BCUT2D eigenvalue weighted by molar-refractivity contribution is 5.88. The minimum atomic E-state index is -0.460. The van der Waals surface area contributed by atoms with Crippen LogP contribution in [0.5, 0.6) is 0 Å². The predicted octanol–water partition coefficient (Wildman–Crippen LogP) is 4.95. The van der Waals surface area contributed by atoms with E-state index in [9.17, 15) is 9.59 Å². The van der Waals surface area contributed by atoms with Gasteiger partial charge in [-0.3, -0.25) is 9.59 Å². The Balaban J connectivity index is 2.13. The maximum absolute atomic E-state index is 13.3. The molecule has 0 aliphatic heterocycles. The van der Waals surface area contributed by atoms with Crippen LogP contribution in [0.25, 0.3) is 0 Å². The van der Waals surface area contributed by atoms with Gasteiger partial charge in [0.15, 0.2) is 0 Å². The van der Waals surface area contributed by atoms with E-state index in [2.05, 4.69) is 48.6 Å². The van der Waals surface area contributed by atoms with Crippen molar-refractivity contribution in [3.05, 3.63) is 71.3 Å². The average Bonchev–Trinajstić information content (AvgIpc) is 2.74. The molecule has 4 nitrogen and oxygen atoms in total. The fourth-order valence-corrected chi connectivity index (χ4v) is 3.69. The SMILES string of the molecule is CCc1ccc(CCC(=O)N(CCc2ccccc2)[C@H](CC)C(=O)NC(C)(C)C)cc1. The van der Waals surface area contributed by atoms with Gasteiger partial charge in [0.25, 0.3) is 0 Å². The van der Waals surface area contributed by atoms with Gasteiger partial charge < -0.3 is 10.2 Å². The molecule has 1 N–H and O–H groups in total. The molecule has 0 fully saturated rings. The Morgan fingerprint density at radius 3 is 2.00 bits per heavy atom. The normalized spacial score (nSPS) is 12.3. The van der Waals surface area contributed by atoms with Gasteiger partial charge >= 0.3 is 0 Å². The summed E-state index contributed by atoms with van der Waals surface area (Å²) in [6.45, 7) is 10.5. The molecule has 0 saturated carbocycles. The Bertz CT molecular complexity index is 823. The topological polar surface area (TPSA) is 49.4 Å². The van der Waals surface area contributed by atoms with Crippen LogP contribution in [-0.4, -0.2) is 34.8 Å². The summed E-state index contributed by atoms with van der Waals surface area (Å²) in [5.74, 6) is -0.0462. The minimum Gasteiger partial charge on any atom is -0.350 e. The van der Waals surface area contributed by atoms with Crippen LogP contribution >= 0.6 is 0 Å². The van der Waals surface area contributed by atoms with Crippen molar-refractivity contribution in [2.45, 2.75) is 78.3 Å². The molecule has 0 spiro atoms. The highest BCUT2D eigenvalue weighted by Crippen LogP contribution is 2.14. The summed E-state index contributed by atoms with van der Waals surface area (Å²) in [4.78, 5) is 28.1. The lowest BCUT2D eigenvalue weighted by Gasteiger charge is -2.33. The van der Waals surface area contributed by atoms with E-state index in [1.165, 1.54) is 11.1 Å². The van der Waals surface area contributed by atoms with E-state index in [0.29, 0.717) is 25.8 Å². The summed E-state index contributed by atoms with van der Waals surface area (Å²) in [5, 5.41) is 3.06. The number of carbonyl (C=O) groups is 2. The maximum Gasteiger partial charge on any atom is 0.243 e. The quantitative estimate of drug-likeness (QED) is 0.589. The summed E-state index contributed by atoms with van der Waals surface area (Å²) in [6.07, 6.45) is 3.42. The van der Waals surface area contributed by atoms with Gasteiger partial charge in [-0.15, -0.1) is 0 Å². The lowest BCUT2D eigenvalue weighted by Crippen LogP contribution is -2.54. The summed E-state index contributed by atoms with van der Waals surface area (Å²) < 4.78 is 0. The van der Waals surface area contributed by atoms with Gasteiger partial charge in [-0.2, -0.15) is 0 Å². The molecule has 0 aromatic heterocycles. The molecular formula is C27H38N2O2. The molecular weight excluding hydrogens is 384 g/mol. The van der Waals surface area contributed by atoms with Crippen LogP contribution in [0.1, 0.15) is 64.2 Å². The third-order valence-corrected chi connectivity index (χ3v) is 5.43. The third kappa shape index (κ3) is 8.20. The number of nitrogens with one attached hydrogen (secondary N) is 1. The monoisotopic (exact) mass is 422 g/mol. The van der Waals surface area contributed by atoms with Crippen LogP contribution in [-0.2, 0) is 28.9 Å². The van der Waals surface area contributed by atoms with Crippen molar-refractivity contribution in [1.29, 1.82) is 0 Å². The molecule has 1 atom stereocenters. The van der Waals surface area contributed by atoms with Crippen molar-refractivity contribution in [3.63, 3.8) is 0 Å². The first-order valence-corrected chi connectivity index (χ1v) is 11.5. The lowest BCUT2D eigenvalue weighted by atomic mass is 10.0. The molecule has 0 aliphatic rings. The van der Waals surface area contributed by atoms with Crippen molar-refractivity contribution in [2.75, 3.05) is 6.54 Å². The number of benzene rings is 2. The Hall–Kier alpha value is -2.62. The van der Waals surface area contributed by atoms with Gasteiger partial charge in [0.05, 0.1) is 0 Å². The van der Waals surface area contributed by atoms with E-state index in [1.807, 2.05) is 45.9 Å². The zero-order valence-corrected chi connectivity index (χ0v) is 19.8.